The van der Waals surface area contributed by atoms with Crippen LogP contribution in [-0.4, -0.2) is 4.98 Å². The zero-order valence-electron chi connectivity index (χ0n) is 9.53. The van der Waals surface area contributed by atoms with E-state index < -0.39 is 0 Å². The zero-order valence-corrected chi connectivity index (χ0v) is 10.4. The maximum Gasteiger partial charge on any atom is 0.146 e. The average molecular weight is 251 g/mol. The minimum Gasteiger partial charge on any atom is -0.396 e. The predicted molar refractivity (Wildman–Crippen MR) is 68.2 cm³/mol. The van der Waals surface area contributed by atoms with Crippen LogP contribution in [0.15, 0.2) is 23.7 Å². The molecule has 0 atom stereocenters. The molecule has 0 aliphatic heterocycles. The van der Waals surface area contributed by atoms with Crippen LogP contribution < -0.4 is 11.1 Å². The van der Waals surface area contributed by atoms with Crippen molar-refractivity contribution in [2.24, 2.45) is 0 Å². The van der Waals surface area contributed by atoms with E-state index in [-0.39, 0.29) is 11.5 Å². The van der Waals surface area contributed by atoms with Gasteiger partial charge in [0.2, 0.25) is 0 Å². The standard InChI is InChI=1S/C12H14FN3S/c1-8-12(17-7-16-8)6-15-5-9-2-3-11(14)10(13)4-9/h2-4,7,15H,5-6,14H2,1H3. The second-order valence-electron chi connectivity index (χ2n) is 3.82. The summed E-state index contributed by atoms with van der Waals surface area (Å²) in [5.41, 5.74) is 9.36. The Morgan fingerprint density at radius 2 is 2.24 bits per heavy atom. The van der Waals surface area contributed by atoms with Crippen LogP contribution in [0.1, 0.15) is 16.1 Å². The molecule has 3 nitrogen and oxygen atoms in total. The first-order valence-electron chi connectivity index (χ1n) is 5.30. The van der Waals surface area contributed by atoms with Gasteiger partial charge in [0, 0.05) is 18.0 Å². The first-order chi connectivity index (χ1) is 8.16. The first-order valence-corrected chi connectivity index (χ1v) is 6.18. The van der Waals surface area contributed by atoms with Gasteiger partial charge in [0.05, 0.1) is 16.9 Å². The zero-order chi connectivity index (χ0) is 12.3. The summed E-state index contributed by atoms with van der Waals surface area (Å²) in [6.45, 7) is 3.35. The molecular weight excluding hydrogens is 237 g/mol. The van der Waals surface area contributed by atoms with Crippen molar-refractivity contribution in [3.05, 3.63) is 45.7 Å². The Hall–Kier alpha value is -1.46. The molecule has 0 unspecified atom stereocenters. The van der Waals surface area contributed by atoms with E-state index in [2.05, 4.69) is 10.3 Å². The van der Waals surface area contributed by atoms with E-state index in [4.69, 9.17) is 5.73 Å². The van der Waals surface area contributed by atoms with Crippen LogP contribution in [-0.2, 0) is 13.1 Å². The van der Waals surface area contributed by atoms with Gasteiger partial charge in [0.15, 0.2) is 0 Å². The number of rotatable bonds is 4. The van der Waals surface area contributed by atoms with Gasteiger partial charge in [0.1, 0.15) is 5.82 Å². The molecule has 5 heteroatoms. The number of halogens is 1. The summed E-state index contributed by atoms with van der Waals surface area (Å²) in [7, 11) is 0. The number of nitrogens with two attached hydrogens (primary N) is 1. The van der Waals surface area contributed by atoms with E-state index >= 15 is 0 Å². The molecule has 0 spiro atoms. The Morgan fingerprint density at radius 3 is 2.88 bits per heavy atom. The number of benzene rings is 1. The normalized spacial score (nSPS) is 10.7. The SMILES string of the molecule is Cc1ncsc1CNCc1ccc(N)c(F)c1. The fraction of sp³-hybridized carbons (Fsp3) is 0.250. The number of nitrogens with zero attached hydrogens (tertiary/aromatic N) is 1. The van der Waals surface area contributed by atoms with Crippen molar-refractivity contribution in [2.75, 3.05) is 5.73 Å². The molecule has 2 rings (SSSR count). The van der Waals surface area contributed by atoms with E-state index in [1.54, 1.807) is 17.4 Å². The van der Waals surface area contributed by atoms with Crippen LogP contribution in [0, 0.1) is 12.7 Å². The van der Waals surface area contributed by atoms with Gasteiger partial charge >= 0.3 is 0 Å². The molecule has 0 amide bonds. The fourth-order valence-electron chi connectivity index (χ4n) is 1.50. The molecule has 0 aliphatic carbocycles. The van der Waals surface area contributed by atoms with Crippen LogP contribution in [0.4, 0.5) is 10.1 Å². The van der Waals surface area contributed by atoms with E-state index in [0.717, 1.165) is 17.8 Å². The van der Waals surface area contributed by atoms with Gasteiger partial charge < -0.3 is 11.1 Å². The lowest BCUT2D eigenvalue weighted by Crippen LogP contribution is -2.12. The van der Waals surface area contributed by atoms with Gasteiger partial charge in [-0.15, -0.1) is 11.3 Å². The highest BCUT2D eigenvalue weighted by Crippen LogP contribution is 2.13. The molecule has 1 aromatic heterocycles. The molecule has 0 fully saturated rings. The van der Waals surface area contributed by atoms with Crippen molar-refractivity contribution in [1.29, 1.82) is 0 Å². The minimum absolute atomic E-state index is 0.187. The number of hydrogen-bond donors (Lipinski definition) is 2. The topological polar surface area (TPSA) is 50.9 Å². The Balaban J connectivity index is 1.90. The highest BCUT2D eigenvalue weighted by Gasteiger charge is 2.02. The van der Waals surface area contributed by atoms with Crippen LogP contribution in [0.5, 0.6) is 0 Å². The van der Waals surface area contributed by atoms with Crippen LogP contribution in [0.2, 0.25) is 0 Å². The molecule has 0 aliphatic rings. The van der Waals surface area contributed by atoms with Gasteiger partial charge in [-0.25, -0.2) is 9.37 Å². The van der Waals surface area contributed by atoms with Gasteiger partial charge in [-0.05, 0) is 24.6 Å². The summed E-state index contributed by atoms with van der Waals surface area (Å²) < 4.78 is 13.2. The van der Waals surface area contributed by atoms with Crippen molar-refractivity contribution in [3.63, 3.8) is 0 Å². The molecule has 17 heavy (non-hydrogen) atoms. The molecule has 0 radical (unpaired) electrons. The van der Waals surface area contributed by atoms with Crippen molar-refractivity contribution in [1.82, 2.24) is 10.3 Å². The lowest BCUT2D eigenvalue weighted by atomic mass is 10.2. The lowest BCUT2D eigenvalue weighted by molar-refractivity contribution is 0.625. The molecule has 0 saturated heterocycles. The van der Waals surface area contributed by atoms with Gasteiger partial charge in [-0.1, -0.05) is 6.07 Å². The number of aromatic nitrogens is 1. The summed E-state index contributed by atoms with van der Waals surface area (Å²) in [4.78, 5) is 5.38. The Kier molecular flexibility index (Phi) is 3.71. The van der Waals surface area contributed by atoms with Crippen molar-refractivity contribution < 1.29 is 4.39 Å². The number of nitrogens with one attached hydrogen (secondary N) is 1. The summed E-state index contributed by atoms with van der Waals surface area (Å²) >= 11 is 1.62. The van der Waals surface area contributed by atoms with E-state index in [1.807, 2.05) is 18.5 Å². The number of nitrogen functional groups attached to an aromatic ring is 1. The monoisotopic (exact) mass is 251 g/mol. The first kappa shape index (κ1) is 12.0. The quantitative estimate of drug-likeness (QED) is 0.821. The molecule has 1 aromatic carbocycles. The van der Waals surface area contributed by atoms with Crippen molar-refractivity contribution in [3.8, 4) is 0 Å². The maximum absolute atomic E-state index is 13.2. The number of thiazole rings is 1. The molecular formula is C12H14FN3S. The van der Waals surface area contributed by atoms with Gasteiger partial charge in [0.25, 0.3) is 0 Å². The fourth-order valence-corrected chi connectivity index (χ4v) is 2.24. The average Bonchev–Trinajstić information content (AvgIpc) is 2.70. The summed E-state index contributed by atoms with van der Waals surface area (Å²) in [6.07, 6.45) is 0. The summed E-state index contributed by atoms with van der Waals surface area (Å²) in [5, 5.41) is 3.25. The van der Waals surface area contributed by atoms with E-state index in [9.17, 15) is 4.39 Å². The lowest BCUT2D eigenvalue weighted by Gasteiger charge is -2.05. The van der Waals surface area contributed by atoms with E-state index in [1.165, 1.54) is 10.9 Å². The smallest absolute Gasteiger partial charge is 0.146 e. The van der Waals surface area contributed by atoms with Crippen LogP contribution in [0.25, 0.3) is 0 Å². The largest absolute Gasteiger partial charge is 0.396 e. The third kappa shape index (κ3) is 3.01. The van der Waals surface area contributed by atoms with Crippen molar-refractivity contribution in [2.45, 2.75) is 20.0 Å². The molecule has 3 N–H and O–H groups in total. The third-order valence-electron chi connectivity index (χ3n) is 2.52. The maximum atomic E-state index is 13.2. The summed E-state index contributed by atoms with van der Waals surface area (Å²) in [6, 6.07) is 4.87. The molecule has 90 valence electrons. The highest BCUT2D eigenvalue weighted by atomic mass is 32.1. The Morgan fingerprint density at radius 1 is 1.41 bits per heavy atom. The second kappa shape index (κ2) is 5.25. The van der Waals surface area contributed by atoms with Crippen LogP contribution >= 0.6 is 11.3 Å². The van der Waals surface area contributed by atoms with Crippen LogP contribution in [0.3, 0.4) is 0 Å². The third-order valence-corrected chi connectivity index (χ3v) is 3.46. The number of anilines is 1. The second-order valence-corrected chi connectivity index (χ2v) is 4.76. The predicted octanol–water partition coefficient (Wildman–Crippen LogP) is 2.46. The molecule has 0 bridgehead atoms. The Labute approximate surface area is 103 Å². The number of hydrogen-bond acceptors (Lipinski definition) is 4. The highest BCUT2D eigenvalue weighted by molar-refractivity contribution is 7.09. The Bertz CT molecular complexity index is 510. The summed E-state index contributed by atoms with van der Waals surface area (Å²) in [5.74, 6) is -0.363. The van der Waals surface area contributed by atoms with E-state index in [0.29, 0.717) is 6.54 Å². The number of aryl methyl sites for hydroxylation is 1. The molecule has 1 heterocycles. The molecule has 2 aromatic rings. The van der Waals surface area contributed by atoms with Crippen molar-refractivity contribution >= 4 is 17.0 Å². The van der Waals surface area contributed by atoms with Gasteiger partial charge in [-0.3, -0.25) is 0 Å². The van der Waals surface area contributed by atoms with Gasteiger partial charge in [-0.2, -0.15) is 0 Å². The molecule has 0 saturated carbocycles. The minimum atomic E-state index is -0.363.